The standard InChI is InChI=1S/C24H28FNO3/c1-16(27)19-9-7-17(8-10-19)13-26-14-20-11-12-21(23(25)22(20)24(26)28)29-15-18-5-3-2-4-6-18/h2-6,11-12,16-17,19,27H,7-10,13-15H2,1H3. The summed E-state index contributed by atoms with van der Waals surface area (Å²) < 4.78 is 20.7. The van der Waals surface area contributed by atoms with Gasteiger partial charge >= 0.3 is 0 Å². The summed E-state index contributed by atoms with van der Waals surface area (Å²) in [7, 11) is 0. The maximum atomic E-state index is 15.0. The summed E-state index contributed by atoms with van der Waals surface area (Å²) in [6.45, 7) is 3.23. The largest absolute Gasteiger partial charge is 0.486 e. The zero-order valence-corrected chi connectivity index (χ0v) is 16.8. The number of benzene rings is 2. The van der Waals surface area contributed by atoms with Crippen molar-refractivity contribution in [2.45, 2.75) is 51.9 Å². The third-order valence-corrected chi connectivity index (χ3v) is 6.34. The van der Waals surface area contributed by atoms with Gasteiger partial charge in [-0.1, -0.05) is 36.4 Å². The summed E-state index contributed by atoms with van der Waals surface area (Å²) in [5.41, 5.74) is 1.85. The van der Waals surface area contributed by atoms with Crippen LogP contribution in [0.25, 0.3) is 0 Å². The Labute approximate surface area is 171 Å². The Morgan fingerprint density at radius 2 is 1.86 bits per heavy atom. The first-order valence-corrected chi connectivity index (χ1v) is 10.5. The fourth-order valence-corrected chi connectivity index (χ4v) is 4.55. The molecule has 1 aliphatic heterocycles. The molecule has 0 spiro atoms. The molecule has 1 atom stereocenters. The number of halogens is 1. The van der Waals surface area contributed by atoms with Crippen LogP contribution in [-0.2, 0) is 13.2 Å². The average Bonchev–Trinajstić information content (AvgIpc) is 3.05. The van der Waals surface area contributed by atoms with Crippen molar-refractivity contribution in [3.05, 3.63) is 65.0 Å². The van der Waals surface area contributed by atoms with Gasteiger partial charge in [-0.05, 0) is 61.6 Å². The molecule has 1 unspecified atom stereocenters. The number of aliphatic hydroxyl groups excluding tert-OH is 1. The molecule has 2 aromatic rings. The molecule has 0 saturated heterocycles. The highest BCUT2D eigenvalue weighted by Crippen LogP contribution is 2.35. The molecule has 0 radical (unpaired) electrons. The third-order valence-electron chi connectivity index (χ3n) is 6.34. The molecular weight excluding hydrogens is 369 g/mol. The van der Waals surface area contributed by atoms with Crippen molar-refractivity contribution in [3.8, 4) is 5.75 Å². The predicted molar refractivity (Wildman–Crippen MR) is 109 cm³/mol. The molecule has 4 rings (SSSR count). The number of rotatable bonds is 6. The maximum absolute atomic E-state index is 15.0. The molecule has 29 heavy (non-hydrogen) atoms. The molecule has 1 aliphatic carbocycles. The Kier molecular flexibility index (Phi) is 5.86. The molecule has 1 fully saturated rings. The molecule has 1 heterocycles. The number of fused-ring (bicyclic) bond motifs is 1. The summed E-state index contributed by atoms with van der Waals surface area (Å²) in [6.07, 6.45) is 3.72. The van der Waals surface area contributed by atoms with Crippen molar-refractivity contribution < 1.29 is 19.0 Å². The van der Waals surface area contributed by atoms with Crippen LogP contribution in [0.3, 0.4) is 0 Å². The van der Waals surface area contributed by atoms with Crippen LogP contribution in [0.2, 0.25) is 0 Å². The van der Waals surface area contributed by atoms with Crippen LogP contribution in [0.15, 0.2) is 42.5 Å². The van der Waals surface area contributed by atoms with Crippen molar-refractivity contribution in [3.63, 3.8) is 0 Å². The molecule has 0 bridgehead atoms. The van der Waals surface area contributed by atoms with Gasteiger partial charge in [0, 0.05) is 13.1 Å². The Bertz CT molecular complexity index is 860. The first-order chi connectivity index (χ1) is 14.0. The Morgan fingerprint density at radius 1 is 1.14 bits per heavy atom. The van der Waals surface area contributed by atoms with Gasteiger partial charge in [-0.15, -0.1) is 0 Å². The normalized spacial score (nSPS) is 22.4. The van der Waals surface area contributed by atoms with Crippen LogP contribution in [0.5, 0.6) is 5.75 Å². The number of carbonyl (C=O) groups is 1. The first kappa shape index (κ1) is 19.9. The number of amides is 1. The molecule has 154 valence electrons. The number of carbonyl (C=O) groups excluding carboxylic acids is 1. The van der Waals surface area contributed by atoms with Crippen molar-refractivity contribution in [2.75, 3.05) is 6.54 Å². The zero-order valence-electron chi connectivity index (χ0n) is 16.8. The summed E-state index contributed by atoms with van der Waals surface area (Å²) in [5.74, 6) is 0.115. The lowest BCUT2D eigenvalue weighted by Crippen LogP contribution is -2.33. The van der Waals surface area contributed by atoms with Crippen LogP contribution < -0.4 is 4.74 Å². The van der Waals surface area contributed by atoms with Gasteiger partial charge in [0.2, 0.25) is 0 Å². The first-order valence-electron chi connectivity index (χ1n) is 10.5. The van der Waals surface area contributed by atoms with Gasteiger partial charge in [0.1, 0.15) is 6.61 Å². The quantitative estimate of drug-likeness (QED) is 0.778. The van der Waals surface area contributed by atoms with E-state index >= 15 is 4.39 Å². The minimum atomic E-state index is -0.552. The van der Waals surface area contributed by atoms with Crippen molar-refractivity contribution in [2.24, 2.45) is 11.8 Å². The van der Waals surface area contributed by atoms with E-state index < -0.39 is 5.82 Å². The average molecular weight is 397 g/mol. The lowest BCUT2D eigenvalue weighted by atomic mass is 9.79. The van der Waals surface area contributed by atoms with E-state index in [9.17, 15) is 9.90 Å². The van der Waals surface area contributed by atoms with Crippen LogP contribution in [0, 0.1) is 17.7 Å². The van der Waals surface area contributed by atoms with Gasteiger partial charge in [-0.3, -0.25) is 4.79 Å². The predicted octanol–water partition coefficient (Wildman–Crippen LogP) is 4.55. The number of ether oxygens (including phenoxy) is 1. The third kappa shape index (κ3) is 4.30. The molecule has 2 aromatic carbocycles. The van der Waals surface area contributed by atoms with E-state index in [-0.39, 0.29) is 29.9 Å². The number of nitrogens with zero attached hydrogens (tertiary/aromatic N) is 1. The Morgan fingerprint density at radius 3 is 2.55 bits per heavy atom. The van der Waals surface area contributed by atoms with Gasteiger partial charge in [0.05, 0.1) is 11.7 Å². The lowest BCUT2D eigenvalue weighted by Gasteiger charge is -2.32. The van der Waals surface area contributed by atoms with E-state index in [1.165, 1.54) is 0 Å². The van der Waals surface area contributed by atoms with E-state index in [0.29, 0.717) is 24.9 Å². The fourth-order valence-electron chi connectivity index (χ4n) is 4.55. The van der Waals surface area contributed by atoms with E-state index in [4.69, 9.17) is 4.74 Å². The van der Waals surface area contributed by atoms with Crippen LogP contribution in [-0.4, -0.2) is 28.6 Å². The smallest absolute Gasteiger partial charge is 0.257 e. The van der Waals surface area contributed by atoms with E-state index in [2.05, 4.69) is 0 Å². The Balaban J connectivity index is 1.40. The van der Waals surface area contributed by atoms with Gasteiger partial charge < -0.3 is 14.7 Å². The summed E-state index contributed by atoms with van der Waals surface area (Å²) in [6, 6.07) is 13.0. The van der Waals surface area contributed by atoms with Crippen molar-refractivity contribution >= 4 is 5.91 Å². The molecule has 1 N–H and O–H groups in total. The molecular formula is C24H28FNO3. The maximum Gasteiger partial charge on any atom is 0.257 e. The second-order valence-corrected chi connectivity index (χ2v) is 8.39. The van der Waals surface area contributed by atoms with Gasteiger partial charge in [0.25, 0.3) is 5.91 Å². The second kappa shape index (κ2) is 8.54. The van der Waals surface area contributed by atoms with Crippen molar-refractivity contribution in [1.82, 2.24) is 4.90 Å². The van der Waals surface area contributed by atoms with Crippen LogP contribution in [0.4, 0.5) is 4.39 Å². The summed E-state index contributed by atoms with van der Waals surface area (Å²) >= 11 is 0. The van der Waals surface area contributed by atoms with Crippen molar-refractivity contribution in [1.29, 1.82) is 0 Å². The molecule has 1 saturated carbocycles. The van der Waals surface area contributed by atoms with Crippen LogP contribution >= 0.6 is 0 Å². The van der Waals surface area contributed by atoms with E-state index in [1.54, 1.807) is 17.0 Å². The summed E-state index contributed by atoms with van der Waals surface area (Å²) in [5, 5.41) is 9.76. The highest BCUT2D eigenvalue weighted by Gasteiger charge is 2.34. The minimum absolute atomic E-state index is 0.125. The number of hydrogen-bond acceptors (Lipinski definition) is 3. The van der Waals surface area contributed by atoms with Gasteiger partial charge in [0.15, 0.2) is 11.6 Å². The highest BCUT2D eigenvalue weighted by atomic mass is 19.1. The molecule has 2 aliphatic rings. The SMILES string of the molecule is CC(O)C1CCC(CN2Cc3ccc(OCc4ccccc4)c(F)c3C2=O)CC1. The highest BCUT2D eigenvalue weighted by molar-refractivity contribution is 5.99. The second-order valence-electron chi connectivity index (χ2n) is 8.39. The van der Waals surface area contributed by atoms with E-state index in [0.717, 1.165) is 36.8 Å². The Hall–Kier alpha value is -2.40. The molecule has 5 heteroatoms. The monoisotopic (exact) mass is 397 g/mol. The fraction of sp³-hybridized carbons (Fsp3) is 0.458. The molecule has 4 nitrogen and oxygen atoms in total. The topological polar surface area (TPSA) is 49.8 Å². The number of hydrogen-bond donors (Lipinski definition) is 1. The molecule has 1 amide bonds. The summed E-state index contributed by atoms with van der Waals surface area (Å²) in [4.78, 5) is 14.6. The van der Waals surface area contributed by atoms with Gasteiger partial charge in [-0.25, -0.2) is 4.39 Å². The zero-order chi connectivity index (χ0) is 20.4. The van der Waals surface area contributed by atoms with Gasteiger partial charge in [-0.2, -0.15) is 0 Å². The van der Waals surface area contributed by atoms with Crippen LogP contribution in [0.1, 0.15) is 54.1 Å². The van der Waals surface area contributed by atoms with E-state index in [1.807, 2.05) is 37.3 Å². The number of aliphatic hydroxyl groups is 1. The minimum Gasteiger partial charge on any atom is -0.486 e. The molecule has 0 aromatic heterocycles. The lowest BCUT2D eigenvalue weighted by molar-refractivity contribution is 0.0645.